The minimum absolute atomic E-state index is 0.149. The maximum Gasteiger partial charge on any atom is 0.317 e. The van der Waals surface area contributed by atoms with Crippen LogP contribution in [0.4, 0.5) is 18.7 Å². The average Bonchev–Trinajstić information content (AvgIpc) is 3.30. The highest BCUT2D eigenvalue weighted by Crippen LogP contribution is 2.33. The van der Waals surface area contributed by atoms with Crippen molar-refractivity contribution in [2.75, 3.05) is 31.1 Å². The number of halogens is 2. The standard InChI is InChI=1S/C23H25F2N5OS/c24-23(25)9-7-17(8-10-23)26-21(31)29-11-13-30(14-12-29)22-28-20(15-32-22)19-6-5-16-3-1-2-4-18(16)27-19/h1-6,15,17H,7-14H2,(H,26,31). The van der Waals surface area contributed by atoms with Gasteiger partial charge in [0.05, 0.1) is 11.2 Å². The van der Waals surface area contributed by atoms with Gasteiger partial charge in [-0.1, -0.05) is 24.3 Å². The first kappa shape index (κ1) is 21.1. The summed E-state index contributed by atoms with van der Waals surface area (Å²) in [6.07, 6.45) is 0.376. The van der Waals surface area contributed by atoms with Crippen molar-refractivity contribution in [1.29, 1.82) is 0 Å². The van der Waals surface area contributed by atoms with E-state index >= 15 is 0 Å². The molecule has 1 aliphatic heterocycles. The molecule has 1 saturated heterocycles. The van der Waals surface area contributed by atoms with Gasteiger partial charge >= 0.3 is 6.03 Å². The number of nitrogens with one attached hydrogen (secondary N) is 1. The predicted molar refractivity (Wildman–Crippen MR) is 122 cm³/mol. The average molecular weight is 458 g/mol. The number of pyridine rings is 1. The van der Waals surface area contributed by atoms with Gasteiger partial charge in [-0.2, -0.15) is 0 Å². The second-order valence-corrected chi connectivity index (χ2v) is 9.29. The van der Waals surface area contributed by atoms with E-state index in [-0.39, 0.29) is 24.9 Å². The summed E-state index contributed by atoms with van der Waals surface area (Å²) in [4.78, 5) is 26.0. The molecule has 2 fully saturated rings. The summed E-state index contributed by atoms with van der Waals surface area (Å²) in [7, 11) is 0. The third-order valence-corrected chi connectivity index (χ3v) is 7.14. The summed E-state index contributed by atoms with van der Waals surface area (Å²) < 4.78 is 26.6. The third kappa shape index (κ3) is 4.53. The van der Waals surface area contributed by atoms with Crippen LogP contribution in [0.1, 0.15) is 25.7 Å². The van der Waals surface area contributed by atoms with E-state index < -0.39 is 5.92 Å². The number of nitrogens with zero attached hydrogens (tertiary/aromatic N) is 4. The van der Waals surface area contributed by atoms with E-state index in [4.69, 9.17) is 9.97 Å². The Labute approximate surface area is 189 Å². The van der Waals surface area contributed by atoms with Crippen LogP contribution in [-0.4, -0.2) is 59.0 Å². The van der Waals surface area contributed by atoms with Gasteiger partial charge in [-0.15, -0.1) is 11.3 Å². The van der Waals surface area contributed by atoms with Crippen molar-refractivity contribution in [2.45, 2.75) is 37.6 Å². The lowest BCUT2D eigenvalue weighted by atomic mass is 9.92. The van der Waals surface area contributed by atoms with Crippen LogP contribution >= 0.6 is 11.3 Å². The maximum absolute atomic E-state index is 13.3. The van der Waals surface area contributed by atoms with Gasteiger partial charge in [0, 0.05) is 55.8 Å². The largest absolute Gasteiger partial charge is 0.345 e. The molecule has 2 amide bonds. The number of fused-ring (bicyclic) bond motifs is 1. The summed E-state index contributed by atoms with van der Waals surface area (Å²) in [5.41, 5.74) is 2.65. The van der Waals surface area contributed by atoms with Crippen molar-refractivity contribution < 1.29 is 13.6 Å². The lowest BCUT2D eigenvalue weighted by Gasteiger charge is -2.36. The molecule has 1 aromatic carbocycles. The zero-order chi connectivity index (χ0) is 22.1. The number of carbonyl (C=O) groups is 1. The van der Waals surface area contributed by atoms with Crippen LogP contribution in [0.5, 0.6) is 0 Å². The summed E-state index contributed by atoms with van der Waals surface area (Å²) in [5.74, 6) is -2.58. The minimum Gasteiger partial charge on any atom is -0.345 e. The number of amides is 2. The quantitative estimate of drug-likeness (QED) is 0.616. The van der Waals surface area contributed by atoms with Crippen molar-refractivity contribution in [3.05, 3.63) is 41.8 Å². The first-order valence-electron chi connectivity index (χ1n) is 11.0. The van der Waals surface area contributed by atoms with Crippen LogP contribution in [0.15, 0.2) is 41.8 Å². The van der Waals surface area contributed by atoms with Crippen LogP contribution in [0, 0.1) is 0 Å². The van der Waals surface area contributed by atoms with E-state index in [0.29, 0.717) is 39.0 Å². The fourth-order valence-electron chi connectivity index (χ4n) is 4.29. The van der Waals surface area contributed by atoms with Crippen LogP contribution in [0.2, 0.25) is 0 Å². The van der Waals surface area contributed by atoms with Crippen LogP contribution in [0.25, 0.3) is 22.3 Å². The van der Waals surface area contributed by atoms with E-state index in [0.717, 1.165) is 27.4 Å². The lowest BCUT2D eigenvalue weighted by Crippen LogP contribution is -2.54. The summed E-state index contributed by atoms with van der Waals surface area (Å²) in [5, 5.41) is 6.97. The van der Waals surface area contributed by atoms with Crippen molar-refractivity contribution in [3.63, 3.8) is 0 Å². The molecule has 2 aromatic heterocycles. The number of benzene rings is 1. The summed E-state index contributed by atoms with van der Waals surface area (Å²) in [6, 6.07) is 11.7. The third-order valence-electron chi connectivity index (χ3n) is 6.24. The zero-order valence-corrected chi connectivity index (χ0v) is 18.5. The second-order valence-electron chi connectivity index (χ2n) is 8.46. The highest BCUT2D eigenvalue weighted by Gasteiger charge is 2.36. The molecule has 1 N–H and O–H groups in total. The van der Waals surface area contributed by atoms with Gasteiger partial charge in [0.1, 0.15) is 5.69 Å². The van der Waals surface area contributed by atoms with E-state index in [1.807, 2.05) is 35.7 Å². The number of thiazole rings is 1. The van der Waals surface area contributed by atoms with E-state index in [2.05, 4.69) is 16.3 Å². The number of anilines is 1. The van der Waals surface area contributed by atoms with Crippen molar-refractivity contribution in [3.8, 4) is 11.4 Å². The first-order valence-corrected chi connectivity index (χ1v) is 11.8. The van der Waals surface area contributed by atoms with Crippen LogP contribution < -0.4 is 10.2 Å². The van der Waals surface area contributed by atoms with E-state index in [1.165, 1.54) is 0 Å². The maximum atomic E-state index is 13.3. The predicted octanol–water partition coefficient (Wildman–Crippen LogP) is 4.77. The topological polar surface area (TPSA) is 61.4 Å². The smallest absolute Gasteiger partial charge is 0.317 e. The number of carbonyl (C=O) groups excluding carboxylic acids is 1. The fraction of sp³-hybridized carbons (Fsp3) is 0.435. The number of hydrogen-bond donors (Lipinski definition) is 1. The Balaban J connectivity index is 1.17. The molecule has 6 nitrogen and oxygen atoms in total. The summed E-state index contributed by atoms with van der Waals surface area (Å²) in [6.45, 7) is 2.54. The molecule has 5 rings (SSSR count). The zero-order valence-electron chi connectivity index (χ0n) is 17.6. The number of para-hydroxylation sites is 1. The molecule has 0 spiro atoms. The van der Waals surface area contributed by atoms with Gasteiger partial charge in [0.25, 0.3) is 0 Å². The minimum atomic E-state index is -2.58. The molecule has 2 aliphatic rings. The molecule has 0 radical (unpaired) electrons. The Morgan fingerprint density at radius 1 is 1.00 bits per heavy atom. The Hall–Kier alpha value is -2.81. The number of urea groups is 1. The molecule has 168 valence electrons. The van der Waals surface area contributed by atoms with E-state index in [1.54, 1.807) is 16.2 Å². The molecule has 3 aromatic rings. The molecule has 0 unspecified atom stereocenters. The van der Waals surface area contributed by atoms with Crippen molar-refractivity contribution in [2.24, 2.45) is 0 Å². The second kappa shape index (κ2) is 8.61. The Morgan fingerprint density at radius 2 is 1.75 bits per heavy atom. The molecular formula is C23H25F2N5OS. The molecule has 32 heavy (non-hydrogen) atoms. The number of aromatic nitrogens is 2. The van der Waals surface area contributed by atoms with Gasteiger partial charge < -0.3 is 15.1 Å². The molecule has 1 saturated carbocycles. The van der Waals surface area contributed by atoms with Crippen molar-refractivity contribution in [1.82, 2.24) is 20.2 Å². The van der Waals surface area contributed by atoms with Gasteiger partial charge in [0.15, 0.2) is 5.13 Å². The van der Waals surface area contributed by atoms with Crippen molar-refractivity contribution >= 4 is 33.4 Å². The van der Waals surface area contributed by atoms with Gasteiger partial charge in [-0.3, -0.25) is 0 Å². The molecule has 0 bridgehead atoms. The molecule has 0 atom stereocenters. The molecular weight excluding hydrogens is 432 g/mol. The summed E-state index contributed by atoms with van der Waals surface area (Å²) >= 11 is 1.58. The number of piperazine rings is 1. The van der Waals surface area contributed by atoms with Crippen LogP contribution in [0.3, 0.4) is 0 Å². The number of rotatable bonds is 3. The van der Waals surface area contributed by atoms with Gasteiger partial charge in [0.2, 0.25) is 5.92 Å². The number of alkyl halides is 2. The molecule has 1 aliphatic carbocycles. The van der Waals surface area contributed by atoms with E-state index in [9.17, 15) is 13.6 Å². The number of hydrogen-bond acceptors (Lipinski definition) is 5. The monoisotopic (exact) mass is 457 g/mol. The molecule has 3 heterocycles. The lowest BCUT2D eigenvalue weighted by molar-refractivity contribution is -0.0398. The Kier molecular flexibility index (Phi) is 5.67. The van der Waals surface area contributed by atoms with Gasteiger partial charge in [-0.25, -0.2) is 23.5 Å². The highest BCUT2D eigenvalue weighted by atomic mass is 32.1. The first-order chi connectivity index (χ1) is 15.5. The Morgan fingerprint density at radius 3 is 2.53 bits per heavy atom. The SMILES string of the molecule is O=C(NC1CCC(F)(F)CC1)N1CCN(c2nc(-c3ccc4ccccc4n3)cs2)CC1. The molecule has 9 heteroatoms. The van der Waals surface area contributed by atoms with Crippen LogP contribution in [-0.2, 0) is 0 Å². The normalized spacial score (nSPS) is 19.3. The fourth-order valence-corrected chi connectivity index (χ4v) is 5.16. The van der Waals surface area contributed by atoms with Gasteiger partial charge in [-0.05, 0) is 25.0 Å². The Bertz CT molecular complexity index is 1100. The highest BCUT2D eigenvalue weighted by molar-refractivity contribution is 7.14.